The Morgan fingerprint density at radius 1 is 1.41 bits per heavy atom. The first-order chi connectivity index (χ1) is 13.7. The van der Waals surface area contributed by atoms with Crippen LogP contribution in [0.1, 0.15) is 25.3 Å². The number of nitrogens with zero attached hydrogens (tertiary/aromatic N) is 3. The van der Waals surface area contributed by atoms with Crippen molar-refractivity contribution in [1.29, 1.82) is 5.26 Å². The van der Waals surface area contributed by atoms with Gasteiger partial charge in [-0.1, -0.05) is 0 Å². The van der Waals surface area contributed by atoms with Crippen molar-refractivity contribution in [3.05, 3.63) is 36.0 Å². The number of nitriles is 1. The van der Waals surface area contributed by atoms with E-state index in [1.165, 1.54) is 0 Å². The molecule has 1 aromatic heterocycles. The number of nitrogens with one attached hydrogen (secondary N) is 2. The van der Waals surface area contributed by atoms with Crippen LogP contribution in [0, 0.1) is 11.3 Å². The summed E-state index contributed by atoms with van der Waals surface area (Å²) >= 11 is 0. The molecule has 0 saturated carbocycles. The van der Waals surface area contributed by atoms with Crippen molar-refractivity contribution in [1.82, 2.24) is 15.6 Å². The number of rotatable bonds is 4. The maximum Gasteiger partial charge on any atom is 0.251 e. The molecule has 2 N–H and O–H groups in total. The minimum atomic E-state index is -0.521. The Kier molecular flexibility index (Phi) is 6.91. The van der Waals surface area contributed by atoms with Gasteiger partial charge in [-0.25, -0.2) is 0 Å². The second-order valence-electron chi connectivity index (χ2n) is 7.52. The number of halogens is 1. The number of carbonyl (C=O) groups excluding carboxylic acids is 1. The van der Waals surface area contributed by atoms with Crippen molar-refractivity contribution in [2.45, 2.75) is 38.0 Å². The number of amides is 1. The monoisotopic (exact) mass is 415 g/mol. The zero-order valence-corrected chi connectivity index (χ0v) is 17.2. The SMILES string of the molecule is C[C@@H]1CN(c2ccc(C#N)c3ncccc23)C[C@H](C(=O)NC[C@H]2CCCN2)O1.Cl. The van der Waals surface area contributed by atoms with E-state index < -0.39 is 6.10 Å². The van der Waals surface area contributed by atoms with E-state index in [1.807, 2.05) is 25.1 Å². The Labute approximate surface area is 176 Å². The lowest BCUT2D eigenvalue weighted by Crippen LogP contribution is -2.54. The van der Waals surface area contributed by atoms with E-state index in [0.717, 1.165) is 30.5 Å². The summed E-state index contributed by atoms with van der Waals surface area (Å²) < 4.78 is 5.93. The van der Waals surface area contributed by atoms with Gasteiger partial charge in [0.1, 0.15) is 6.07 Å². The van der Waals surface area contributed by atoms with Gasteiger partial charge in [-0.05, 0) is 50.6 Å². The van der Waals surface area contributed by atoms with E-state index in [0.29, 0.717) is 36.8 Å². The molecule has 2 saturated heterocycles. The zero-order chi connectivity index (χ0) is 19.5. The number of aromatic nitrogens is 1. The van der Waals surface area contributed by atoms with Gasteiger partial charge in [-0.15, -0.1) is 12.4 Å². The van der Waals surface area contributed by atoms with Crippen LogP contribution >= 0.6 is 12.4 Å². The second kappa shape index (κ2) is 9.40. The molecule has 2 fully saturated rings. The number of fused-ring (bicyclic) bond motifs is 1. The number of hydrogen-bond acceptors (Lipinski definition) is 6. The van der Waals surface area contributed by atoms with Crippen molar-refractivity contribution < 1.29 is 9.53 Å². The fraction of sp³-hybridized carbons (Fsp3) is 0.476. The molecule has 3 atom stereocenters. The van der Waals surface area contributed by atoms with Crippen molar-refractivity contribution in [2.75, 3.05) is 31.1 Å². The molecular formula is C21H26ClN5O2. The summed E-state index contributed by atoms with van der Waals surface area (Å²) in [6.07, 6.45) is 3.36. The van der Waals surface area contributed by atoms with Crippen LogP contribution in [0.3, 0.4) is 0 Å². The van der Waals surface area contributed by atoms with Gasteiger partial charge >= 0.3 is 0 Å². The third-order valence-corrected chi connectivity index (χ3v) is 5.45. The first-order valence-electron chi connectivity index (χ1n) is 9.85. The number of benzene rings is 1. The lowest BCUT2D eigenvalue weighted by atomic mass is 10.1. The molecule has 8 heteroatoms. The highest BCUT2D eigenvalue weighted by atomic mass is 35.5. The van der Waals surface area contributed by atoms with Gasteiger partial charge in [0.05, 0.1) is 23.7 Å². The van der Waals surface area contributed by atoms with Crippen molar-refractivity contribution in [3.8, 4) is 6.07 Å². The highest BCUT2D eigenvalue weighted by Crippen LogP contribution is 2.30. The van der Waals surface area contributed by atoms with Crippen LogP contribution in [0.15, 0.2) is 30.5 Å². The zero-order valence-electron chi connectivity index (χ0n) is 16.4. The summed E-state index contributed by atoms with van der Waals surface area (Å²) in [5, 5.41) is 16.7. The smallest absolute Gasteiger partial charge is 0.251 e. The van der Waals surface area contributed by atoms with E-state index >= 15 is 0 Å². The summed E-state index contributed by atoms with van der Waals surface area (Å²) in [4.78, 5) is 19.2. The third kappa shape index (κ3) is 4.61. The highest BCUT2D eigenvalue weighted by Gasteiger charge is 2.31. The van der Waals surface area contributed by atoms with Gasteiger partial charge in [0.15, 0.2) is 6.10 Å². The molecule has 4 rings (SSSR count). The molecular weight excluding hydrogens is 390 g/mol. The number of morpholine rings is 1. The first-order valence-corrected chi connectivity index (χ1v) is 9.85. The van der Waals surface area contributed by atoms with Crippen LogP contribution in [0.25, 0.3) is 10.9 Å². The number of ether oxygens (including phenoxy) is 1. The fourth-order valence-electron chi connectivity index (χ4n) is 4.09. The number of hydrogen-bond donors (Lipinski definition) is 2. The molecule has 7 nitrogen and oxygen atoms in total. The molecule has 154 valence electrons. The molecule has 0 spiro atoms. The summed E-state index contributed by atoms with van der Waals surface area (Å²) in [6, 6.07) is 10.1. The lowest BCUT2D eigenvalue weighted by Gasteiger charge is -2.38. The van der Waals surface area contributed by atoms with Crippen LogP contribution in [0.4, 0.5) is 5.69 Å². The van der Waals surface area contributed by atoms with E-state index in [9.17, 15) is 10.1 Å². The summed E-state index contributed by atoms with van der Waals surface area (Å²) in [7, 11) is 0. The molecule has 0 aliphatic carbocycles. The van der Waals surface area contributed by atoms with Crippen LogP contribution in [-0.4, -0.2) is 55.3 Å². The van der Waals surface area contributed by atoms with Crippen LogP contribution in [-0.2, 0) is 9.53 Å². The average Bonchev–Trinajstić information content (AvgIpc) is 3.24. The van der Waals surface area contributed by atoms with Gasteiger partial charge in [0.2, 0.25) is 0 Å². The molecule has 0 radical (unpaired) electrons. The van der Waals surface area contributed by atoms with Gasteiger partial charge < -0.3 is 20.3 Å². The minimum Gasteiger partial charge on any atom is -0.365 e. The maximum atomic E-state index is 12.7. The maximum absolute atomic E-state index is 12.7. The molecule has 29 heavy (non-hydrogen) atoms. The molecule has 2 aliphatic rings. The first kappa shape index (κ1) is 21.3. The third-order valence-electron chi connectivity index (χ3n) is 5.45. The Hall–Kier alpha value is -2.40. The van der Waals surface area contributed by atoms with Gasteiger partial charge in [0.25, 0.3) is 5.91 Å². The number of pyridine rings is 1. The largest absolute Gasteiger partial charge is 0.365 e. The summed E-state index contributed by atoms with van der Waals surface area (Å²) in [5.41, 5.74) is 2.22. The summed E-state index contributed by atoms with van der Waals surface area (Å²) in [5.74, 6) is -0.0682. The topological polar surface area (TPSA) is 90.3 Å². The molecule has 3 heterocycles. The van der Waals surface area contributed by atoms with Gasteiger partial charge in [-0.3, -0.25) is 9.78 Å². The fourth-order valence-corrected chi connectivity index (χ4v) is 4.09. The standard InChI is InChI=1S/C21H25N5O2.ClH/c1-14-12-26(13-19(28-14)21(27)25-11-16-4-2-8-23-16)18-7-6-15(10-22)20-17(18)5-3-9-24-20;/h3,5-7,9,14,16,19,23H,2,4,8,11-13H2,1H3,(H,25,27);1H/t14-,16-,19-;/m1./s1. The lowest BCUT2D eigenvalue weighted by molar-refractivity contribution is -0.137. The Balaban J connectivity index is 0.00000240. The number of carbonyl (C=O) groups is 1. The second-order valence-corrected chi connectivity index (χ2v) is 7.52. The van der Waals surface area contributed by atoms with E-state index in [4.69, 9.17) is 4.74 Å². The highest BCUT2D eigenvalue weighted by molar-refractivity contribution is 5.95. The molecule has 2 aromatic rings. The van der Waals surface area contributed by atoms with Crippen molar-refractivity contribution in [3.63, 3.8) is 0 Å². The van der Waals surface area contributed by atoms with Gasteiger partial charge in [0, 0.05) is 36.4 Å². The van der Waals surface area contributed by atoms with Crippen LogP contribution in [0.5, 0.6) is 0 Å². The average molecular weight is 416 g/mol. The van der Waals surface area contributed by atoms with E-state index in [1.54, 1.807) is 12.3 Å². The van der Waals surface area contributed by atoms with Gasteiger partial charge in [-0.2, -0.15) is 5.26 Å². The molecule has 0 unspecified atom stereocenters. The van der Waals surface area contributed by atoms with E-state index in [-0.39, 0.29) is 24.4 Å². The Morgan fingerprint density at radius 3 is 3.03 bits per heavy atom. The predicted molar refractivity (Wildman–Crippen MR) is 114 cm³/mol. The molecule has 1 amide bonds. The normalized spacial score (nSPS) is 24.0. The van der Waals surface area contributed by atoms with Crippen LogP contribution < -0.4 is 15.5 Å². The quantitative estimate of drug-likeness (QED) is 0.793. The predicted octanol–water partition coefficient (Wildman–Crippen LogP) is 1.99. The minimum absolute atomic E-state index is 0. The molecule has 0 bridgehead atoms. The van der Waals surface area contributed by atoms with E-state index in [2.05, 4.69) is 26.6 Å². The Morgan fingerprint density at radius 2 is 2.28 bits per heavy atom. The van der Waals surface area contributed by atoms with Crippen molar-refractivity contribution >= 4 is 34.9 Å². The van der Waals surface area contributed by atoms with Crippen LogP contribution in [0.2, 0.25) is 0 Å². The molecule has 1 aromatic carbocycles. The number of anilines is 1. The Bertz CT molecular complexity index is 910. The summed E-state index contributed by atoms with van der Waals surface area (Å²) in [6.45, 7) is 4.80. The van der Waals surface area contributed by atoms with Crippen molar-refractivity contribution in [2.24, 2.45) is 0 Å². The molecule has 2 aliphatic heterocycles.